The number of rotatable bonds is 19. The fourth-order valence-corrected chi connectivity index (χ4v) is 4.90. The number of hydrogen-bond donors (Lipinski definition) is 1. The molecule has 0 aliphatic carbocycles. The first-order chi connectivity index (χ1) is 18.2. The number of carbonyl (C=O) groups excluding carboxylic acids is 2. The van der Waals surface area contributed by atoms with Crippen molar-refractivity contribution >= 4 is 23.2 Å². The summed E-state index contributed by atoms with van der Waals surface area (Å²) in [5.74, 6) is 1.85. The number of ether oxygens (including phenoxy) is 2. The first-order valence-electron chi connectivity index (χ1n) is 13.4. The minimum Gasteiger partial charge on any atom is -0.461 e. The summed E-state index contributed by atoms with van der Waals surface area (Å²) in [5, 5.41) is 15.4. The van der Waals surface area contributed by atoms with Crippen molar-refractivity contribution in [2.75, 3.05) is 26.4 Å². The van der Waals surface area contributed by atoms with Crippen LogP contribution in [0, 0.1) is 24.2 Å². The van der Waals surface area contributed by atoms with Crippen LogP contribution >= 0.6 is 11.3 Å². The number of terminal acetylenes is 1. The van der Waals surface area contributed by atoms with Crippen molar-refractivity contribution < 1.29 is 24.2 Å². The number of carbonyl (C=O) groups is 2. The summed E-state index contributed by atoms with van der Waals surface area (Å²) in [7, 11) is 0. The molecule has 38 heavy (non-hydrogen) atoms. The summed E-state index contributed by atoms with van der Waals surface area (Å²) in [4.78, 5) is 35.3. The highest BCUT2D eigenvalue weighted by Gasteiger charge is 2.35. The molecule has 0 aliphatic heterocycles. The molecule has 4 atom stereocenters. The third kappa shape index (κ3) is 10.6. The number of thiazole rings is 1. The third-order valence-electron chi connectivity index (χ3n) is 6.39. The van der Waals surface area contributed by atoms with Crippen molar-refractivity contribution in [1.82, 2.24) is 9.88 Å². The normalized spacial score (nSPS) is 14.2. The molecule has 1 heterocycles. The molecule has 0 unspecified atom stereocenters. The second kappa shape index (κ2) is 18.6. The zero-order chi connectivity index (χ0) is 28.5. The fraction of sp³-hybridized carbons (Fsp3) is 0.741. The molecular weight excluding hydrogens is 506 g/mol. The lowest BCUT2D eigenvalue weighted by molar-refractivity contribution is -0.138. The summed E-state index contributed by atoms with van der Waals surface area (Å²) in [6, 6.07) is -1.08. The molecule has 212 valence electrons. The molecule has 0 aromatic carbocycles. The molecule has 1 N–H and O–H groups in total. The number of aliphatic hydroxyl groups excluding tert-OH is 1. The van der Waals surface area contributed by atoms with E-state index in [-0.39, 0.29) is 42.7 Å². The van der Waals surface area contributed by atoms with Crippen molar-refractivity contribution in [2.45, 2.75) is 91.3 Å². The summed E-state index contributed by atoms with van der Waals surface area (Å²) < 4.78 is 11.2. The predicted octanol–water partition coefficient (Wildman–Crippen LogP) is 5.53. The van der Waals surface area contributed by atoms with Gasteiger partial charge >= 0.3 is 5.97 Å². The largest absolute Gasteiger partial charge is 0.461 e. The number of hydrogen-bond acceptors (Lipinski definition) is 8. The second-order valence-electron chi connectivity index (χ2n) is 9.50. The molecule has 1 amide bonds. The van der Waals surface area contributed by atoms with Crippen LogP contribution in [0.15, 0.2) is 10.5 Å². The van der Waals surface area contributed by atoms with Crippen LogP contribution in [0.2, 0.25) is 0 Å². The van der Waals surface area contributed by atoms with Crippen molar-refractivity contribution in [3.8, 4) is 12.3 Å². The van der Waals surface area contributed by atoms with E-state index in [1.807, 2.05) is 32.6 Å². The van der Waals surface area contributed by atoms with Gasteiger partial charge < -0.3 is 19.5 Å². The first-order valence-corrected chi connectivity index (χ1v) is 14.3. The topological polar surface area (TPSA) is 138 Å². The van der Waals surface area contributed by atoms with Crippen LogP contribution in [0.25, 0.3) is 10.4 Å². The quantitative estimate of drug-likeness (QED) is 0.0601. The maximum Gasteiger partial charge on any atom is 0.357 e. The minimum atomic E-state index is -0.817. The number of aromatic nitrogens is 1. The number of aliphatic hydroxyl groups is 1. The van der Waals surface area contributed by atoms with E-state index in [0.717, 1.165) is 6.42 Å². The van der Waals surface area contributed by atoms with Crippen molar-refractivity contribution in [3.63, 3.8) is 0 Å². The number of esters is 1. The molecule has 0 radical (unpaired) electrons. The maximum absolute atomic E-state index is 13.9. The molecule has 1 rings (SSSR count). The molecular formula is C27H43N5O5S. The molecule has 0 aliphatic rings. The Morgan fingerprint density at radius 2 is 2.03 bits per heavy atom. The van der Waals surface area contributed by atoms with E-state index in [9.17, 15) is 20.2 Å². The Hall–Kier alpha value is -2.64. The Morgan fingerprint density at radius 3 is 2.61 bits per heavy atom. The van der Waals surface area contributed by atoms with E-state index in [0.29, 0.717) is 50.3 Å². The van der Waals surface area contributed by atoms with E-state index in [1.54, 1.807) is 12.3 Å². The highest BCUT2D eigenvalue weighted by atomic mass is 32.1. The van der Waals surface area contributed by atoms with Gasteiger partial charge in [-0.2, -0.15) is 0 Å². The lowest BCUT2D eigenvalue weighted by atomic mass is 9.92. The number of azide groups is 1. The van der Waals surface area contributed by atoms with Gasteiger partial charge in [-0.15, -0.1) is 23.7 Å². The van der Waals surface area contributed by atoms with E-state index >= 15 is 0 Å². The van der Waals surface area contributed by atoms with Crippen LogP contribution in [0.4, 0.5) is 0 Å². The zero-order valence-electron chi connectivity index (χ0n) is 23.3. The van der Waals surface area contributed by atoms with Crippen molar-refractivity contribution in [2.24, 2.45) is 17.0 Å². The molecule has 0 bridgehead atoms. The molecule has 10 nitrogen and oxygen atoms in total. The summed E-state index contributed by atoms with van der Waals surface area (Å²) in [5.41, 5.74) is 9.40. The summed E-state index contributed by atoms with van der Waals surface area (Å²) in [6.07, 6.45) is 8.57. The van der Waals surface area contributed by atoms with E-state index < -0.39 is 18.1 Å². The van der Waals surface area contributed by atoms with Crippen LogP contribution in [0.5, 0.6) is 0 Å². The van der Waals surface area contributed by atoms with Crippen molar-refractivity contribution in [3.05, 3.63) is 26.5 Å². The second-order valence-corrected chi connectivity index (χ2v) is 10.4. The molecule has 0 saturated carbocycles. The minimum absolute atomic E-state index is 0.0190. The number of unbranched alkanes of at least 4 members (excludes halogenated alkanes) is 2. The smallest absolute Gasteiger partial charge is 0.357 e. The Bertz CT molecular complexity index is 941. The Kier molecular flexibility index (Phi) is 16.3. The van der Waals surface area contributed by atoms with E-state index in [1.165, 1.54) is 11.3 Å². The standard InChI is InChI=1S/C27H43N5O5S/c1-7-10-11-12-14-32(26(34)24(30-31-28)20(6)8-2)22(19(4)5)17-23(37-16-13-15-33)25-29-21(18-38-25)27(35)36-9-3/h1,18-20,22-24,33H,8-17H2,2-6H3/t20-,22+,23+,24-/m0/s1. The van der Waals surface area contributed by atoms with E-state index in [2.05, 4.69) is 20.9 Å². The van der Waals surface area contributed by atoms with Crippen LogP contribution < -0.4 is 0 Å². The van der Waals surface area contributed by atoms with Gasteiger partial charge in [-0.05, 0) is 43.6 Å². The van der Waals surface area contributed by atoms with Gasteiger partial charge in [-0.25, -0.2) is 9.78 Å². The molecule has 1 aromatic rings. The van der Waals surface area contributed by atoms with Crippen LogP contribution in [-0.4, -0.2) is 65.3 Å². The van der Waals surface area contributed by atoms with E-state index in [4.69, 9.17) is 15.9 Å². The Morgan fingerprint density at radius 1 is 1.29 bits per heavy atom. The molecule has 11 heteroatoms. The van der Waals surface area contributed by atoms with Gasteiger partial charge in [0.05, 0.1) is 6.61 Å². The van der Waals surface area contributed by atoms with Gasteiger partial charge in [0.2, 0.25) is 5.91 Å². The lowest BCUT2D eigenvalue weighted by Crippen LogP contribution is -2.49. The Balaban J connectivity index is 3.39. The van der Waals surface area contributed by atoms with Gasteiger partial charge in [0, 0.05) is 48.9 Å². The van der Waals surface area contributed by atoms with Crippen molar-refractivity contribution in [1.29, 1.82) is 0 Å². The average Bonchev–Trinajstić information content (AvgIpc) is 3.39. The highest BCUT2D eigenvalue weighted by Crippen LogP contribution is 2.32. The van der Waals surface area contributed by atoms with Gasteiger partial charge in [0.1, 0.15) is 17.2 Å². The summed E-state index contributed by atoms with van der Waals surface area (Å²) in [6.45, 7) is 10.7. The molecule has 0 saturated heterocycles. The average molecular weight is 550 g/mol. The van der Waals surface area contributed by atoms with Gasteiger partial charge in [-0.3, -0.25) is 4.79 Å². The van der Waals surface area contributed by atoms with Crippen LogP contribution in [0.1, 0.15) is 94.7 Å². The lowest BCUT2D eigenvalue weighted by Gasteiger charge is -2.38. The molecule has 1 aromatic heterocycles. The number of nitrogens with zero attached hydrogens (tertiary/aromatic N) is 5. The van der Waals surface area contributed by atoms with Gasteiger partial charge in [0.15, 0.2) is 5.69 Å². The first kappa shape index (κ1) is 33.4. The monoisotopic (exact) mass is 549 g/mol. The molecule has 0 fully saturated rings. The van der Waals surface area contributed by atoms with Gasteiger partial charge in [-0.1, -0.05) is 39.2 Å². The molecule has 0 spiro atoms. The van der Waals surface area contributed by atoms with Crippen LogP contribution in [0.3, 0.4) is 0 Å². The Labute approximate surface area is 230 Å². The maximum atomic E-state index is 13.9. The fourth-order valence-electron chi connectivity index (χ4n) is 4.05. The van der Waals surface area contributed by atoms with Crippen LogP contribution in [-0.2, 0) is 14.3 Å². The number of amides is 1. The zero-order valence-corrected chi connectivity index (χ0v) is 24.2. The SMILES string of the molecule is C#CCCCCN(C(=O)[C@@H](N=[N+]=[N-])[C@@H](C)CC)[C@H](C[C@@H](OCCCO)c1nc(C(=O)OCC)cs1)C(C)C. The highest BCUT2D eigenvalue weighted by molar-refractivity contribution is 7.09. The van der Waals surface area contributed by atoms with Gasteiger partial charge in [0.25, 0.3) is 0 Å². The predicted molar refractivity (Wildman–Crippen MR) is 148 cm³/mol. The third-order valence-corrected chi connectivity index (χ3v) is 7.33. The summed E-state index contributed by atoms with van der Waals surface area (Å²) >= 11 is 1.30.